The van der Waals surface area contributed by atoms with E-state index < -0.39 is 23.0 Å². The Hall–Kier alpha value is -1.16. The molecule has 1 rings (SSSR count). The van der Waals surface area contributed by atoms with Gasteiger partial charge in [0, 0.05) is 19.6 Å². The smallest absolute Gasteiger partial charge is 0.367 e. The second-order valence-corrected chi connectivity index (χ2v) is 7.40. The molecule has 0 spiro atoms. The maximum absolute atomic E-state index is 12.3. The van der Waals surface area contributed by atoms with E-state index in [-0.39, 0.29) is 13.2 Å². The minimum atomic E-state index is -4.35. The Labute approximate surface area is 147 Å². The molecular weight excluding hydrogens is 357 g/mol. The van der Waals surface area contributed by atoms with E-state index in [2.05, 4.69) is 9.46 Å². The van der Waals surface area contributed by atoms with Crippen LogP contribution in [0.4, 0.5) is 13.2 Å². The van der Waals surface area contributed by atoms with E-state index in [4.69, 9.17) is 0 Å². The van der Waals surface area contributed by atoms with Gasteiger partial charge in [0.1, 0.15) is 6.61 Å². The predicted octanol–water partition coefficient (Wildman–Crippen LogP) is 3.22. The van der Waals surface area contributed by atoms with Crippen molar-refractivity contribution in [3.63, 3.8) is 0 Å². The summed E-state index contributed by atoms with van der Waals surface area (Å²) in [6.45, 7) is 3.42. The normalized spacial score (nSPS) is 12.7. The number of benzene rings is 1. The van der Waals surface area contributed by atoms with Crippen molar-refractivity contribution in [2.45, 2.75) is 46.0 Å². The average molecular weight is 382 g/mol. The van der Waals surface area contributed by atoms with E-state index in [1.807, 2.05) is 13.8 Å². The highest BCUT2D eigenvalue weighted by atomic mass is 32.2. The van der Waals surface area contributed by atoms with Crippen LogP contribution in [0.2, 0.25) is 0 Å². The van der Waals surface area contributed by atoms with Crippen molar-refractivity contribution in [3.8, 4) is 0 Å². The molecule has 0 unspecified atom stereocenters. The van der Waals surface area contributed by atoms with Crippen LogP contribution >= 0.6 is 0 Å². The molecule has 0 fully saturated rings. The van der Waals surface area contributed by atoms with E-state index in [1.165, 1.54) is 4.31 Å². The maximum atomic E-state index is 12.3. The summed E-state index contributed by atoms with van der Waals surface area (Å²) in [7, 11) is -3.55. The van der Waals surface area contributed by atoms with Gasteiger partial charge >= 0.3 is 6.18 Å². The molecule has 0 aliphatic heterocycles. The predicted molar refractivity (Wildman–Crippen MR) is 90.1 cm³/mol. The quantitative estimate of drug-likeness (QED) is 0.639. The molecule has 0 aliphatic carbocycles. The highest BCUT2D eigenvalue weighted by molar-refractivity contribution is 7.87. The van der Waals surface area contributed by atoms with Crippen LogP contribution < -0.4 is 4.72 Å². The van der Waals surface area contributed by atoms with Crippen molar-refractivity contribution in [3.05, 3.63) is 35.4 Å². The lowest BCUT2D eigenvalue weighted by atomic mass is 10.1. The Bertz CT molecular complexity index is 598. The molecule has 1 N–H and O–H groups in total. The molecule has 0 radical (unpaired) electrons. The molecule has 0 amide bonds. The van der Waals surface area contributed by atoms with Gasteiger partial charge in [-0.1, -0.05) is 38.1 Å². The van der Waals surface area contributed by atoms with Crippen LogP contribution in [0.25, 0.3) is 0 Å². The van der Waals surface area contributed by atoms with Gasteiger partial charge in [-0.25, -0.2) is 0 Å². The fourth-order valence-electron chi connectivity index (χ4n) is 2.15. The number of hydrogen-bond donors (Lipinski definition) is 1. The Morgan fingerprint density at radius 2 is 1.56 bits per heavy atom. The number of ether oxygens (including phenoxy) is 1. The second-order valence-electron chi connectivity index (χ2n) is 5.65. The highest BCUT2D eigenvalue weighted by Crippen LogP contribution is 2.16. The van der Waals surface area contributed by atoms with Crippen molar-refractivity contribution >= 4 is 10.2 Å². The summed E-state index contributed by atoms with van der Waals surface area (Å²) in [6.07, 6.45) is -2.89. The second kappa shape index (κ2) is 10.1. The lowest BCUT2D eigenvalue weighted by molar-refractivity contribution is -0.176. The molecule has 0 aliphatic rings. The summed E-state index contributed by atoms with van der Waals surface area (Å²) < 4.78 is 69.1. The monoisotopic (exact) mass is 382 g/mol. The Morgan fingerprint density at radius 3 is 2.04 bits per heavy atom. The van der Waals surface area contributed by atoms with Gasteiger partial charge in [0.15, 0.2) is 0 Å². The molecule has 25 heavy (non-hydrogen) atoms. The van der Waals surface area contributed by atoms with Crippen LogP contribution in [0.3, 0.4) is 0 Å². The third-order valence-corrected chi connectivity index (χ3v) is 4.86. The first-order valence-electron chi connectivity index (χ1n) is 8.15. The van der Waals surface area contributed by atoms with Crippen molar-refractivity contribution < 1.29 is 26.3 Å². The van der Waals surface area contributed by atoms with Crippen LogP contribution in [-0.4, -0.2) is 38.6 Å². The molecule has 0 saturated heterocycles. The molecule has 1 aromatic carbocycles. The Kier molecular flexibility index (Phi) is 8.84. The fourth-order valence-corrected chi connectivity index (χ4v) is 3.53. The first-order valence-corrected chi connectivity index (χ1v) is 9.59. The van der Waals surface area contributed by atoms with E-state index >= 15 is 0 Å². The number of rotatable bonds is 11. The first kappa shape index (κ1) is 21.9. The molecule has 0 heterocycles. The van der Waals surface area contributed by atoms with E-state index in [0.717, 1.165) is 18.4 Å². The Balaban J connectivity index is 2.54. The van der Waals surface area contributed by atoms with Crippen LogP contribution in [0.15, 0.2) is 24.3 Å². The van der Waals surface area contributed by atoms with Crippen molar-refractivity contribution in [1.82, 2.24) is 9.03 Å². The maximum Gasteiger partial charge on any atom is 0.411 e. The van der Waals surface area contributed by atoms with E-state index in [1.54, 1.807) is 24.3 Å². The summed E-state index contributed by atoms with van der Waals surface area (Å²) >= 11 is 0. The summed E-state index contributed by atoms with van der Waals surface area (Å²) in [4.78, 5) is 0. The fraction of sp³-hybridized carbons (Fsp3) is 0.625. The van der Waals surface area contributed by atoms with Gasteiger partial charge in [0.2, 0.25) is 0 Å². The minimum Gasteiger partial charge on any atom is -0.367 e. The zero-order valence-electron chi connectivity index (χ0n) is 14.5. The van der Waals surface area contributed by atoms with E-state index in [9.17, 15) is 21.6 Å². The molecule has 5 nitrogen and oxygen atoms in total. The number of nitrogens with zero attached hydrogens (tertiary/aromatic N) is 1. The molecular formula is C16H25F3N2O3S. The van der Waals surface area contributed by atoms with Gasteiger partial charge in [0.05, 0.1) is 6.61 Å². The van der Waals surface area contributed by atoms with Crippen molar-refractivity contribution in [2.24, 2.45) is 0 Å². The summed E-state index contributed by atoms with van der Waals surface area (Å²) in [5, 5.41) is 0. The van der Waals surface area contributed by atoms with Crippen LogP contribution in [0.5, 0.6) is 0 Å². The number of hydrogen-bond acceptors (Lipinski definition) is 3. The number of nitrogens with one attached hydrogen (secondary N) is 1. The number of alkyl halides is 3. The SMILES string of the molecule is CCCN(CCC)S(=O)(=O)NCc1ccc(COCC(F)(F)F)cc1. The topological polar surface area (TPSA) is 58.6 Å². The van der Waals surface area contributed by atoms with Gasteiger partial charge in [0.25, 0.3) is 10.2 Å². The Morgan fingerprint density at radius 1 is 1.04 bits per heavy atom. The van der Waals surface area contributed by atoms with Crippen LogP contribution in [0.1, 0.15) is 37.8 Å². The molecule has 0 bridgehead atoms. The van der Waals surface area contributed by atoms with Crippen LogP contribution in [-0.2, 0) is 28.1 Å². The highest BCUT2D eigenvalue weighted by Gasteiger charge is 2.27. The third-order valence-electron chi connectivity index (χ3n) is 3.30. The molecule has 0 atom stereocenters. The van der Waals surface area contributed by atoms with Gasteiger partial charge in [-0.15, -0.1) is 0 Å². The largest absolute Gasteiger partial charge is 0.411 e. The van der Waals surface area contributed by atoms with Gasteiger partial charge in [-0.05, 0) is 24.0 Å². The van der Waals surface area contributed by atoms with Crippen molar-refractivity contribution in [2.75, 3.05) is 19.7 Å². The van der Waals surface area contributed by atoms with E-state index in [0.29, 0.717) is 18.7 Å². The minimum absolute atomic E-state index is 0.121. The summed E-state index contributed by atoms with van der Waals surface area (Å²) in [5.41, 5.74) is 1.31. The first-order chi connectivity index (χ1) is 11.7. The molecule has 0 saturated carbocycles. The molecule has 9 heteroatoms. The van der Waals surface area contributed by atoms with Gasteiger partial charge in [-0.2, -0.15) is 30.6 Å². The zero-order valence-corrected chi connectivity index (χ0v) is 15.3. The van der Waals surface area contributed by atoms with Gasteiger partial charge < -0.3 is 4.74 Å². The lowest BCUT2D eigenvalue weighted by Crippen LogP contribution is -2.41. The summed E-state index contributed by atoms with van der Waals surface area (Å²) in [6, 6.07) is 6.57. The zero-order chi connectivity index (χ0) is 18.9. The molecule has 0 aromatic heterocycles. The molecule has 1 aromatic rings. The van der Waals surface area contributed by atoms with Crippen LogP contribution in [0, 0.1) is 0 Å². The van der Waals surface area contributed by atoms with Crippen molar-refractivity contribution in [1.29, 1.82) is 0 Å². The third kappa shape index (κ3) is 8.66. The standard InChI is InChI=1S/C16H25F3N2O3S/c1-3-9-21(10-4-2)25(22,23)20-11-14-5-7-15(8-6-14)12-24-13-16(17,18)19/h5-8,20H,3-4,9-13H2,1-2H3. The number of halogens is 3. The molecule has 144 valence electrons. The summed E-state index contributed by atoms with van der Waals surface area (Å²) in [5.74, 6) is 0. The average Bonchev–Trinajstić information content (AvgIpc) is 2.53. The lowest BCUT2D eigenvalue weighted by Gasteiger charge is -2.21. The van der Waals surface area contributed by atoms with Gasteiger partial charge in [-0.3, -0.25) is 0 Å².